The van der Waals surface area contributed by atoms with Crippen LogP contribution in [0, 0.1) is 0 Å². The van der Waals surface area contributed by atoms with Gasteiger partial charge in [-0.3, -0.25) is 4.79 Å². The first kappa shape index (κ1) is 21.3. The number of para-hydroxylation sites is 2. The molecular formula is C22H17ClF2N2O3. The number of amides is 1. The van der Waals surface area contributed by atoms with Crippen LogP contribution in [0.2, 0.25) is 5.02 Å². The second-order valence-electron chi connectivity index (χ2n) is 5.99. The summed E-state index contributed by atoms with van der Waals surface area (Å²) in [6.45, 7) is -2.78. The van der Waals surface area contributed by atoms with Crippen LogP contribution in [0.1, 0.15) is 21.5 Å². The highest BCUT2D eigenvalue weighted by molar-refractivity contribution is 6.31. The lowest BCUT2D eigenvalue weighted by atomic mass is 10.2. The third-order valence-corrected chi connectivity index (χ3v) is 4.35. The molecule has 8 heteroatoms. The van der Waals surface area contributed by atoms with Gasteiger partial charge in [0, 0.05) is 16.1 Å². The maximum Gasteiger partial charge on any atom is 0.387 e. The van der Waals surface area contributed by atoms with Crippen LogP contribution in [0.25, 0.3) is 0 Å². The molecular weight excluding hydrogens is 414 g/mol. The van der Waals surface area contributed by atoms with Crippen molar-refractivity contribution in [1.82, 2.24) is 5.43 Å². The number of halogens is 3. The van der Waals surface area contributed by atoms with Gasteiger partial charge in [0.1, 0.15) is 18.1 Å². The fourth-order valence-corrected chi connectivity index (χ4v) is 2.75. The zero-order valence-corrected chi connectivity index (χ0v) is 16.4. The van der Waals surface area contributed by atoms with Crippen LogP contribution in [-0.4, -0.2) is 18.7 Å². The molecule has 0 spiro atoms. The maximum absolute atomic E-state index is 12.5. The predicted octanol–water partition coefficient (Wildman–Crippen LogP) is 5.28. The normalized spacial score (nSPS) is 10.9. The van der Waals surface area contributed by atoms with Crippen molar-refractivity contribution in [3.63, 3.8) is 0 Å². The van der Waals surface area contributed by atoms with Gasteiger partial charge < -0.3 is 9.47 Å². The van der Waals surface area contributed by atoms with Crippen molar-refractivity contribution < 1.29 is 23.0 Å². The lowest BCUT2D eigenvalue weighted by Crippen LogP contribution is -2.19. The monoisotopic (exact) mass is 430 g/mol. The summed E-state index contributed by atoms with van der Waals surface area (Å²) >= 11 is 6.13. The molecule has 3 rings (SSSR count). The Morgan fingerprint density at radius 3 is 2.43 bits per heavy atom. The van der Waals surface area contributed by atoms with Crippen molar-refractivity contribution in [2.75, 3.05) is 0 Å². The van der Waals surface area contributed by atoms with Gasteiger partial charge in [-0.1, -0.05) is 54.1 Å². The van der Waals surface area contributed by atoms with Gasteiger partial charge in [0.15, 0.2) is 0 Å². The van der Waals surface area contributed by atoms with E-state index in [-0.39, 0.29) is 17.9 Å². The molecule has 0 radical (unpaired) electrons. The highest BCUT2D eigenvalue weighted by Crippen LogP contribution is 2.22. The summed E-state index contributed by atoms with van der Waals surface area (Å²) in [6, 6.07) is 20.0. The number of benzene rings is 3. The van der Waals surface area contributed by atoms with E-state index < -0.39 is 12.5 Å². The Balaban J connectivity index is 1.68. The van der Waals surface area contributed by atoms with Crippen molar-refractivity contribution in [2.24, 2.45) is 5.10 Å². The SMILES string of the molecule is O=C(N/N=C/c1ccccc1OC(F)F)c1ccccc1OCc1ccccc1Cl. The molecule has 1 N–H and O–H groups in total. The first-order valence-corrected chi connectivity index (χ1v) is 9.25. The van der Waals surface area contributed by atoms with Gasteiger partial charge in [0.05, 0.1) is 11.8 Å². The largest absolute Gasteiger partial charge is 0.488 e. The van der Waals surface area contributed by atoms with Crippen molar-refractivity contribution in [2.45, 2.75) is 13.2 Å². The fourth-order valence-electron chi connectivity index (χ4n) is 2.56. The second-order valence-corrected chi connectivity index (χ2v) is 6.40. The highest BCUT2D eigenvalue weighted by atomic mass is 35.5. The number of nitrogens with zero attached hydrogens (tertiary/aromatic N) is 1. The van der Waals surface area contributed by atoms with Gasteiger partial charge in [0.25, 0.3) is 5.91 Å². The molecule has 0 aliphatic heterocycles. The third kappa shape index (κ3) is 5.78. The maximum atomic E-state index is 12.5. The topological polar surface area (TPSA) is 59.9 Å². The minimum atomic E-state index is -2.96. The van der Waals surface area contributed by atoms with Crippen LogP contribution in [0.4, 0.5) is 8.78 Å². The molecule has 0 heterocycles. The molecule has 0 fully saturated rings. The first-order valence-electron chi connectivity index (χ1n) is 8.87. The van der Waals surface area contributed by atoms with E-state index in [0.29, 0.717) is 16.3 Å². The van der Waals surface area contributed by atoms with Gasteiger partial charge in [-0.15, -0.1) is 0 Å². The third-order valence-electron chi connectivity index (χ3n) is 3.98. The molecule has 0 aliphatic rings. The summed E-state index contributed by atoms with van der Waals surface area (Å²) in [6.07, 6.45) is 1.23. The number of hydrogen-bond acceptors (Lipinski definition) is 4. The Hall–Kier alpha value is -3.45. The lowest BCUT2D eigenvalue weighted by molar-refractivity contribution is -0.0499. The molecule has 1 amide bonds. The smallest absolute Gasteiger partial charge is 0.387 e. The Kier molecular flexibility index (Phi) is 7.34. The molecule has 5 nitrogen and oxygen atoms in total. The highest BCUT2D eigenvalue weighted by Gasteiger charge is 2.12. The van der Waals surface area contributed by atoms with Crippen molar-refractivity contribution in [1.29, 1.82) is 0 Å². The van der Waals surface area contributed by atoms with E-state index >= 15 is 0 Å². The summed E-state index contributed by atoms with van der Waals surface area (Å²) < 4.78 is 35.1. The van der Waals surface area contributed by atoms with E-state index in [2.05, 4.69) is 15.3 Å². The molecule has 0 unspecified atom stereocenters. The average molecular weight is 431 g/mol. The van der Waals surface area contributed by atoms with E-state index in [0.717, 1.165) is 5.56 Å². The van der Waals surface area contributed by atoms with E-state index in [1.54, 1.807) is 42.5 Å². The number of hydrogen-bond donors (Lipinski definition) is 1. The molecule has 0 bridgehead atoms. The van der Waals surface area contributed by atoms with Gasteiger partial charge >= 0.3 is 6.61 Å². The molecule has 30 heavy (non-hydrogen) atoms. The standard InChI is InChI=1S/C22H17ClF2N2O3/c23-18-10-4-1-8-16(18)14-29-20-12-6-3-9-17(20)21(28)27-26-13-15-7-2-5-11-19(15)30-22(24)25/h1-13,22H,14H2,(H,27,28)/b26-13+. The molecule has 3 aromatic rings. The molecule has 154 valence electrons. The minimum absolute atomic E-state index is 0.0472. The molecule has 0 saturated carbocycles. The predicted molar refractivity (Wildman–Crippen MR) is 110 cm³/mol. The molecule has 0 saturated heterocycles. The quantitative estimate of drug-likeness (QED) is 0.390. The number of ether oxygens (including phenoxy) is 2. The summed E-state index contributed by atoms with van der Waals surface area (Å²) in [4.78, 5) is 12.5. The Bertz CT molecular complexity index is 1040. The summed E-state index contributed by atoms with van der Waals surface area (Å²) in [5.41, 5.74) is 3.70. The van der Waals surface area contributed by atoms with E-state index in [4.69, 9.17) is 16.3 Å². The average Bonchev–Trinajstić information content (AvgIpc) is 2.74. The second kappa shape index (κ2) is 10.4. The number of nitrogens with one attached hydrogen (secondary N) is 1. The van der Waals surface area contributed by atoms with Crippen molar-refractivity contribution in [3.8, 4) is 11.5 Å². The number of carbonyl (C=O) groups excluding carboxylic acids is 1. The van der Waals surface area contributed by atoms with E-state index in [1.165, 1.54) is 18.3 Å². The van der Waals surface area contributed by atoms with Crippen LogP contribution in [-0.2, 0) is 6.61 Å². The summed E-state index contributed by atoms with van der Waals surface area (Å²) in [5, 5.41) is 4.40. The fraction of sp³-hybridized carbons (Fsp3) is 0.0909. The summed E-state index contributed by atoms with van der Waals surface area (Å²) in [5.74, 6) is -0.214. The van der Waals surface area contributed by atoms with Crippen LogP contribution >= 0.6 is 11.6 Å². The van der Waals surface area contributed by atoms with E-state index in [9.17, 15) is 13.6 Å². The summed E-state index contributed by atoms with van der Waals surface area (Å²) in [7, 11) is 0. The van der Waals surface area contributed by atoms with Crippen LogP contribution < -0.4 is 14.9 Å². The van der Waals surface area contributed by atoms with E-state index in [1.807, 2.05) is 18.2 Å². The Labute approximate surface area is 176 Å². The number of rotatable bonds is 8. The van der Waals surface area contributed by atoms with Gasteiger partial charge in [-0.2, -0.15) is 13.9 Å². The molecule has 0 aromatic heterocycles. The minimum Gasteiger partial charge on any atom is -0.488 e. The van der Waals surface area contributed by atoms with Gasteiger partial charge in [-0.25, -0.2) is 5.43 Å². The molecule has 0 atom stereocenters. The van der Waals surface area contributed by atoms with Crippen LogP contribution in [0.3, 0.4) is 0 Å². The zero-order valence-electron chi connectivity index (χ0n) is 15.6. The van der Waals surface area contributed by atoms with Crippen LogP contribution in [0.5, 0.6) is 11.5 Å². The van der Waals surface area contributed by atoms with Crippen LogP contribution in [0.15, 0.2) is 77.9 Å². The number of alkyl halides is 2. The van der Waals surface area contributed by atoms with Crippen molar-refractivity contribution >= 4 is 23.7 Å². The Morgan fingerprint density at radius 1 is 1.00 bits per heavy atom. The van der Waals surface area contributed by atoms with Gasteiger partial charge in [0.2, 0.25) is 0 Å². The number of carbonyl (C=O) groups is 1. The van der Waals surface area contributed by atoms with Crippen molar-refractivity contribution in [3.05, 3.63) is 94.5 Å². The Morgan fingerprint density at radius 2 is 1.67 bits per heavy atom. The molecule has 0 aliphatic carbocycles. The zero-order chi connectivity index (χ0) is 21.3. The molecule has 3 aromatic carbocycles. The lowest BCUT2D eigenvalue weighted by Gasteiger charge is -2.11. The number of hydrazone groups is 1. The van der Waals surface area contributed by atoms with Gasteiger partial charge in [-0.05, 0) is 30.3 Å². The first-order chi connectivity index (χ1) is 14.5.